The molecule has 2 fully saturated rings. The van der Waals surface area contributed by atoms with E-state index in [9.17, 15) is 0 Å². The van der Waals surface area contributed by atoms with E-state index in [1.54, 1.807) is 10.6 Å². The normalized spacial score (nSPS) is 26.5. The Morgan fingerprint density at radius 3 is 1.62 bits per heavy atom. The first-order chi connectivity index (χ1) is 11.9. The van der Waals surface area contributed by atoms with Crippen molar-refractivity contribution < 1.29 is 0 Å². The van der Waals surface area contributed by atoms with E-state index in [-0.39, 0.29) is 7.92 Å². The Balaban J connectivity index is 1.52. The van der Waals surface area contributed by atoms with Crippen LogP contribution in [0.5, 0.6) is 0 Å². The smallest absolute Gasteiger partial charge is 0.0195 e. The average molecular weight is 354 g/mol. The monoisotopic (exact) mass is 354 g/mol. The van der Waals surface area contributed by atoms with Crippen LogP contribution in [0, 0.1) is 0 Å². The zero-order valence-electron chi connectivity index (χ0n) is 14.5. The van der Waals surface area contributed by atoms with Gasteiger partial charge in [0.1, 0.15) is 0 Å². The van der Waals surface area contributed by atoms with E-state index in [1.807, 2.05) is 0 Å². The van der Waals surface area contributed by atoms with Gasteiger partial charge in [-0.25, -0.2) is 0 Å². The molecule has 0 aromatic heterocycles. The maximum Gasteiger partial charge on any atom is -0.0195 e. The Morgan fingerprint density at radius 2 is 1.17 bits per heavy atom. The van der Waals surface area contributed by atoms with Gasteiger partial charge in [0.2, 0.25) is 0 Å². The van der Waals surface area contributed by atoms with Gasteiger partial charge in [-0.15, -0.1) is 0 Å². The summed E-state index contributed by atoms with van der Waals surface area (Å²) in [7, 11) is 0.115. The molecule has 0 saturated carbocycles. The van der Waals surface area contributed by atoms with Crippen LogP contribution < -0.4 is 10.6 Å². The van der Waals surface area contributed by atoms with Crippen molar-refractivity contribution in [2.24, 2.45) is 0 Å². The Hall–Kier alpha value is -0.700. The van der Waals surface area contributed by atoms with Gasteiger partial charge < -0.3 is 0 Å². The number of benzene rings is 2. The summed E-state index contributed by atoms with van der Waals surface area (Å²) in [5.74, 6) is 0. The first-order valence-corrected chi connectivity index (χ1v) is 12.7. The molecule has 0 radical (unpaired) electrons. The molecule has 0 atom stereocenters. The second-order valence-corrected chi connectivity index (χ2v) is 12.5. The molecule has 0 unspecified atom stereocenters. The van der Waals surface area contributed by atoms with Crippen molar-refractivity contribution in [3.8, 4) is 0 Å². The molecule has 2 saturated heterocycles. The zero-order valence-corrected chi connectivity index (χ0v) is 16.3. The highest BCUT2D eigenvalue weighted by Crippen LogP contribution is 2.60. The summed E-state index contributed by atoms with van der Waals surface area (Å²) < 4.78 is 0. The van der Waals surface area contributed by atoms with E-state index in [0.717, 1.165) is 11.3 Å². The molecule has 2 heteroatoms. The predicted molar refractivity (Wildman–Crippen MR) is 111 cm³/mol. The largest absolute Gasteiger partial charge is 0.1000 e. The molecule has 2 aliphatic rings. The van der Waals surface area contributed by atoms with Crippen molar-refractivity contribution in [1.82, 2.24) is 0 Å². The molecule has 0 nitrogen and oxygen atoms in total. The van der Waals surface area contributed by atoms with Gasteiger partial charge in [-0.1, -0.05) is 81.4 Å². The maximum absolute atomic E-state index is 2.35. The van der Waals surface area contributed by atoms with E-state index >= 15 is 0 Å². The van der Waals surface area contributed by atoms with Crippen LogP contribution in [0.25, 0.3) is 0 Å². The van der Waals surface area contributed by atoms with Gasteiger partial charge in [-0.3, -0.25) is 0 Å². The minimum Gasteiger partial charge on any atom is -0.1000 e. The minimum atomic E-state index is -0.179. The number of rotatable bonds is 5. The molecule has 2 aliphatic heterocycles. The fourth-order valence-corrected chi connectivity index (χ4v) is 11.6. The van der Waals surface area contributed by atoms with E-state index in [1.165, 1.54) is 50.8 Å². The Morgan fingerprint density at radius 1 is 0.708 bits per heavy atom. The summed E-state index contributed by atoms with van der Waals surface area (Å²) >= 11 is 0. The van der Waals surface area contributed by atoms with Crippen LogP contribution in [0.1, 0.15) is 38.5 Å². The third-order valence-corrected chi connectivity index (χ3v) is 12.3. The van der Waals surface area contributed by atoms with Crippen LogP contribution >= 0.6 is 15.8 Å². The molecule has 2 aromatic carbocycles. The van der Waals surface area contributed by atoms with E-state index in [0.29, 0.717) is 7.92 Å². The fourth-order valence-electron chi connectivity index (χ4n) is 4.63. The zero-order chi connectivity index (χ0) is 16.2. The fraction of sp³-hybridized carbons (Fsp3) is 0.455. The lowest BCUT2D eigenvalue weighted by Crippen LogP contribution is -2.28. The second kappa shape index (κ2) is 8.12. The lowest BCUT2D eigenvalue weighted by molar-refractivity contribution is 0.475. The van der Waals surface area contributed by atoms with E-state index < -0.39 is 0 Å². The van der Waals surface area contributed by atoms with E-state index in [2.05, 4.69) is 60.7 Å². The molecule has 4 rings (SSSR count). The van der Waals surface area contributed by atoms with Gasteiger partial charge in [0.25, 0.3) is 0 Å². The van der Waals surface area contributed by atoms with Crippen LogP contribution in [0.2, 0.25) is 0 Å². The van der Waals surface area contributed by atoms with Crippen molar-refractivity contribution in [1.29, 1.82) is 0 Å². The van der Waals surface area contributed by atoms with Crippen LogP contribution in [0.15, 0.2) is 60.7 Å². The SMILES string of the molecule is c1ccc(P(CCP2C3CCCC2CCC3)c2ccccc2)cc1. The van der Waals surface area contributed by atoms with Crippen molar-refractivity contribution in [3.05, 3.63) is 60.7 Å². The third-order valence-electron chi connectivity index (χ3n) is 5.80. The van der Waals surface area contributed by atoms with Gasteiger partial charge >= 0.3 is 0 Å². The number of fused-ring (bicyclic) bond motifs is 2. The first-order valence-electron chi connectivity index (χ1n) is 9.55. The second-order valence-electron chi connectivity index (χ2n) is 7.23. The molecule has 0 aliphatic carbocycles. The molecule has 2 bridgehead atoms. The van der Waals surface area contributed by atoms with Crippen LogP contribution in [-0.4, -0.2) is 23.6 Å². The molecule has 2 heterocycles. The van der Waals surface area contributed by atoms with Crippen LogP contribution in [-0.2, 0) is 0 Å². The highest BCUT2D eigenvalue weighted by molar-refractivity contribution is 7.74. The lowest BCUT2D eigenvalue weighted by Gasteiger charge is -2.43. The molecule has 0 spiro atoms. The molecular weight excluding hydrogens is 326 g/mol. The summed E-state index contributed by atoms with van der Waals surface area (Å²) in [6.45, 7) is 0. The molecular formula is C22H28P2. The van der Waals surface area contributed by atoms with Crippen LogP contribution in [0.3, 0.4) is 0 Å². The van der Waals surface area contributed by atoms with Gasteiger partial charge in [-0.2, -0.15) is 0 Å². The summed E-state index contributed by atoms with van der Waals surface area (Å²) in [6, 6.07) is 22.6. The van der Waals surface area contributed by atoms with Gasteiger partial charge in [0, 0.05) is 0 Å². The molecule has 126 valence electrons. The standard InChI is InChI=1S/C22H28P2/c1-3-9-19(10-4-1)23(20-11-5-2-6-12-20)17-18-24-21-13-7-14-22(24)16-8-15-21/h1-6,9-12,21-22H,7-8,13-18H2. The summed E-state index contributed by atoms with van der Waals surface area (Å²) in [5, 5.41) is 3.13. The molecule has 0 N–H and O–H groups in total. The number of hydrogen-bond acceptors (Lipinski definition) is 0. The Kier molecular flexibility index (Phi) is 5.67. The minimum absolute atomic E-state index is 0.179. The molecule has 0 amide bonds. The average Bonchev–Trinajstić information content (AvgIpc) is 2.63. The van der Waals surface area contributed by atoms with Crippen molar-refractivity contribution >= 4 is 26.5 Å². The predicted octanol–water partition coefficient (Wildman–Crippen LogP) is 5.71. The molecule has 24 heavy (non-hydrogen) atoms. The molecule has 2 aromatic rings. The van der Waals surface area contributed by atoms with Crippen LogP contribution in [0.4, 0.5) is 0 Å². The lowest BCUT2D eigenvalue weighted by atomic mass is 9.99. The highest BCUT2D eigenvalue weighted by atomic mass is 31.1. The summed E-state index contributed by atoms with van der Waals surface area (Å²) in [5.41, 5.74) is 2.21. The Bertz CT molecular complexity index is 563. The highest BCUT2D eigenvalue weighted by Gasteiger charge is 2.35. The summed E-state index contributed by atoms with van der Waals surface area (Å²) in [4.78, 5) is 0. The first kappa shape index (κ1) is 16.8. The third kappa shape index (κ3) is 3.76. The maximum atomic E-state index is 2.35. The summed E-state index contributed by atoms with van der Waals surface area (Å²) in [6.07, 6.45) is 12.1. The quantitative estimate of drug-likeness (QED) is 0.604. The van der Waals surface area contributed by atoms with Crippen molar-refractivity contribution in [3.63, 3.8) is 0 Å². The van der Waals surface area contributed by atoms with Crippen molar-refractivity contribution in [2.45, 2.75) is 49.8 Å². The van der Waals surface area contributed by atoms with Crippen molar-refractivity contribution in [2.75, 3.05) is 12.3 Å². The number of hydrogen-bond donors (Lipinski definition) is 0. The Labute approximate surface area is 149 Å². The van der Waals surface area contributed by atoms with Gasteiger partial charge in [0.15, 0.2) is 0 Å². The topological polar surface area (TPSA) is 0 Å². The van der Waals surface area contributed by atoms with Gasteiger partial charge in [-0.05, 0) is 67.9 Å². The van der Waals surface area contributed by atoms with E-state index in [4.69, 9.17) is 0 Å². The van der Waals surface area contributed by atoms with Gasteiger partial charge in [0.05, 0.1) is 0 Å².